The fourth-order valence-electron chi connectivity index (χ4n) is 5.15. The number of benzene rings is 3. The van der Waals surface area contributed by atoms with Crippen LogP contribution in [0.2, 0.25) is 0 Å². The summed E-state index contributed by atoms with van der Waals surface area (Å²) in [6, 6.07) is 21.9. The van der Waals surface area contributed by atoms with Gasteiger partial charge in [-0.05, 0) is 60.9 Å². The van der Waals surface area contributed by atoms with Crippen LogP contribution >= 0.6 is 0 Å². The van der Waals surface area contributed by atoms with Crippen molar-refractivity contribution in [1.82, 2.24) is 9.88 Å². The number of aliphatic carboxylic acids is 1. The first-order valence-corrected chi connectivity index (χ1v) is 14.1. The van der Waals surface area contributed by atoms with E-state index in [0.29, 0.717) is 44.6 Å². The van der Waals surface area contributed by atoms with Crippen molar-refractivity contribution in [2.24, 2.45) is 0 Å². The molecule has 0 saturated heterocycles. The van der Waals surface area contributed by atoms with Crippen molar-refractivity contribution < 1.29 is 37.0 Å². The number of furan rings is 1. The SMILES string of the molecule is COc1cc(-c2cccc(C(C)(C)C(=O)O)c2)ncc1CN(Cc1ccc(C(F)(F)F)o1)C(=O)c1c(C)ccc2ccccc12. The number of ether oxygens (including phenoxy) is 1. The molecule has 5 aromatic rings. The number of hydrogen-bond acceptors (Lipinski definition) is 5. The van der Waals surface area contributed by atoms with Gasteiger partial charge in [-0.1, -0.05) is 54.6 Å². The van der Waals surface area contributed by atoms with Crippen molar-refractivity contribution >= 4 is 22.6 Å². The maximum Gasteiger partial charge on any atom is 0.449 e. The molecule has 0 unspecified atom stereocenters. The number of rotatable bonds is 9. The molecule has 45 heavy (non-hydrogen) atoms. The molecule has 232 valence electrons. The van der Waals surface area contributed by atoms with Crippen LogP contribution in [0.15, 0.2) is 89.5 Å². The number of fused-ring (bicyclic) bond motifs is 1. The lowest BCUT2D eigenvalue weighted by Crippen LogP contribution is -2.31. The van der Waals surface area contributed by atoms with Crippen molar-refractivity contribution in [3.63, 3.8) is 0 Å². The van der Waals surface area contributed by atoms with E-state index in [1.807, 2.05) is 43.3 Å². The zero-order chi connectivity index (χ0) is 32.5. The van der Waals surface area contributed by atoms with Crippen LogP contribution < -0.4 is 4.74 Å². The number of carboxylic acid groups (broad SMARTS) is 1. The van der Waals surface area contributed by atoms with Gasteiger partial charge in [-0.15, -0.1) is 0 Å². The predicted molar refractivity (Wildman–Crippen MR) is 163 cm³/mol. The molecule has 0 aliphatic heterocycles. The summed E-state index contributed by atoms with van der Waals surface area (Å²) in [6.07, 6.45) is -3.12. The molecule has 2 heterocycles. The summed E-state index contributed by atoms with van der Waals surface area (Å²) in [4.78, 5) is 32.0. The molecule has 0 saturated carbocycles. The number of aryl methyl sites for hydroxylation is 1. The number of aromatic nitrogens is 1. The number of halogens is 3. The van der Waals surface area contributed by atoms with Crippen molar-refractivity contribution in [1.29, 1.82) is 0 Å². The third-order valence-corrected chi connectivity index (χ3v) is 7.87. The van der Waals surface area contributed by atoms with Gasteiger partial charge in [0.1, 0.15) is 11.5 Å². The first-order valence-electron chi connectivity index (χ1n) is 14.1. The van der Waals surface area contributed by atoms with Crippen LogP contribution in [0.25, 0.3) is 22.0 Å². The van der Waals surface area contributed by atoms with Gasteiger partial charge < -0.3 is 19.2 Å². The van der Waals surface area contributed by atoms with E-state index in [1.165, 1.54) is 18.1 Å². The Balaban J connectivity index is 1.54. The van der Waals surface area contributed by atoms with Gasteiger partial charge in [-0.3, -0.25) is 14.6 Å². The van der Waals surface area contributed by atoms with Crippen LogP contribution in [0, 0.1) is 6.92 Å². The summed E-state index contributed by atoms with van der Waals surface area (Å²) in [5, 5.41) is 11.2. The third-order valence-electron chi connectivity index (χ3n) is 7.87. The normalized spacial score (nSPS) is 11.9. The van der Waals surface area contributed by atoms with Gasteiger partial charge in [0.2, 0.25) is 5.76 Å². The van der Waals surface area contributed by atoms with E-state index in [9.17, 15) is 27.9 Å². The van der Waals surface area contributed by atoms with Crippen LogP contribution in [0.1, 0.15) is 52.4 Å². The lowest BCUT2D eigenvalue weighted by atomic mass is 9.84. The fourth-order valence-corrected chi connectivity index (χ4v) is 5.15. The fraction of sp³-hybridized carbons (Fsp3) is 0.229. The van der Waals surface area contributed by atoms with Crippen LogP contribution in [0.3, 0.4) is 0 Å². The Labute approximate surface area is 257 Å². The Morgan fingerprint density at radius 1 is 0.956 bits per heavy atom. The molecule has 1 amide bonds. The first kappa shape index (κ1) is 31.3. The van der Waals surface area contributed by atoms with Crippen molar-refractivity contribution in [2.75, 3.05) is 7.11 Å². The van der Waals surface area contributed by atoms with Gasteiger partial charge in [0, 0.05) is 23.4 Å². The van der Waals surface area contributed by atoms with E-state index < -0.39 is 29.2 Å². The van der Waals surface area contributed by atoms with Crippen LogP contribution in [-0.4, -0.2) is 34.0 Å². The monoisotopic (exact) mass is 616 g/mol. The Morgan fingerprint density at radius 2 is 1.71 bits per heavy atom. The molecule has 7 nitrogen and oxygen atoms in total. The average molecular weight is 617 g/mol. The molecule has 5 rings (SSSR count). The smallest absolute Gasteiger partial charge is 0.449 e. The van der Waals surface area contributed by atoms with Crippen LogP contribution in [0.5, 0.6) is 5.75 Å². The summed E-state index contributed by atoms with van der Waals surface area (Å²) in [7, 11) is 1.47. The second kappa shape index (κ2) is 12.1. The molecule has 10 heteroatoms. The second-order valence-electron chi connectivity index (χ2n) is 11.3. The number of methoxy groups -OCH3 is 1. The molecular formula is C35H31F3N2O5. The number of hydrogen-bond donors (Lipinski definition) is 1. The van der Waals surface area contributed by atoms with E-state index in [2.05, 4.69) is 4.98 Å². The molecule has 0 aliphatic carbocycles. The van der Waals surface area contributed by atoms with Crippen molar-refractivity contribution in [2.45, 2.75) is 45.5 Å². The quantitative estimate of drug-likeness (QED) is 0.180. The van der Waals surface area contributed by atoms with E-state index >= 15 is 0 Å². The minimum absolute atomic E-state index is 0.0324. The predicted octanol–water partition coefficient (Wildman–Crippen LogP) is 8.04. The summed E-state index contributed by atoms with van der Waals surface area (Å²) in [5.41, 5.74) is 2.30. The van der Waals surface area contributed by atoms with Gasteiger partial charge in [0.15, 0.2) is 0 Å². The number of amides is 1. The Bertz CT molecular complexity index is 1890. The molecule has 0 fully saturated rings. The number of carbonyl (C=O) groups excluding carboxylic acids is 1. The van der Waals surface area contributed by atoms with Gasteiger partial charge in [-0.25, -0.2) is 0 Å². The third kappa shape index (κ3) is 6.40. The van der Waals surface area contributed by atoms with Gasteiger partial charge in [0.25, 0.3) is 5.91 Å². The summed E-state index contributed by atoms with van der Waals surface area (Å²) < 4.78 is 50.7. The molecule has 0 atom stereocenters. The first-order chi connectivity index (χ1) is 21.3. The largest absolute Gasteiger partial charge is 0.496 e. The topological polar surface area (TPSA) is 92.9 Å². The van der Waals surface area contributed by atoms with Crippen LogP contribution in [-0.2, 0) is 29.5 Å². The highest BCUT2D eigenvalue weighted by atomic mass is 19.4. The molecule has 0 aliphatic rings. The summed E-state index contributed by atoms with van der Waals surface area (Å²) in [5.74, 6) is -2.15. The number of carboxylic acids is 1. The van der Waals surface area contributed by atoms with Gasteiger partial charge in [0.05, 0.1) is 36.9 Å². The highest BCUT2D eigenvalue weighted by Gasteiger charge is 2.35. The maximum absolute atomic E-state index is 14.2. The van der Waals surface area contributed by atoms with Gasteiger partial charge >= 0.3 is 12.1 Å². The van der Waals surface area contributed by atoms with E-state index in [1.54, 1.807) is 50.4 Å². The van der Waals surface area contributed by atoms with Crippen molar-refractivity contribution in [3.8, 4) is 17.0 Å². The zero-order valence-corrected chi connectivity index (χ0v) is 25.1. The molecule has 0 radical (unpaired) electrons. The van der Waals surface area contributed by atoms with E-state index in [0.717, 1.165) is 11.5 Å². The highest BCUT2D eigenvalue weighted by molar-refractivity contribution is 6.08. The standard InChI is InChI=1S/C35H31F3N2O5/c1-21-12-13-22-8-5-6-11-27(22)31(21)32(41)40(20-26-14-15-30(45-26)35(36,37)38)19-24-18-39-28(17-29(24)44-4)23-9-7-10-25(16-23)34(2,3)33(42)43/h5-18H,19-20H2,1-4H3,(H,42,43). The maximum atomic E-state index is 14.2. The van der Waals surface area contributed by atoms with E-state index in [-0.39, 0.29) is 18.8 Å². The Morgan fingerprint density at radius 3 is 2.40 bits per heavy atom. The number of carbonyl (C=O) groups is 2. The summed E-state index contributed by atoms with van der Waals surface area (Å²) >= 11 is 0. The van der Waals surface area contributed by atoms with Crippen LogP contribution in [0.4, 0.5) is 13.2 Å². The molecular weight excluding hydrogens is 585 g/mol. The highest BCUT2D eigenvalue weighted by Crippen LogP contribution is 2.34. The minimum atomic E-state index is -4.67. The molecule has 1 N–H and O–H groups in total. The Hall–Kier alpha value is -5.12. The molecule has 2 aromatic heterocycles. The lowest BCUT2D eigenvalue weighted by Gasteiger charge is -2.25. The molecule has 0 spiro atoms. The van der Waals surface area contributed by atoms with E-state index in [4.69, 9.17) is 9.15 Å². The Kier molecular flexibility index (Phi) is 8.42. The molecule has 0 bridgehead atoms. The summed E-state index contributed by atoms with van der Waals surface area (Å²) in [6.45, 7) is 4.75. The zero-order valence-electron chi connectivity index (χ0n) is 25.1. The number of nitrogens with zero attached hydrogens (tertiary/aromatic N) is 2. The minimum Gasteiger partial charge on any atom is -0.496 e. The second-order valence-corrected chi connectivity index (χ2v) is 11.3. The number of alkyl halides is 3. The lowest BCUT2D eigenvalue weighted by molar-refractivity contribution is -0.153. The van der Waals surface area contributed by atoms with Crippen molar-refractivity contribution in [3.05, 3.63) is 119 Å². The molecule has 3 aromatic carbocycles. The average Bonchev–Trinajstić information content (AvgIpc) is 3.50. The van der Waals surface area contributed by atoms with Gasteiger partial charge in [-0.2, -0.15) is 13.2 Å². The number of pyridine rings is 1.